The summed E-state index contributed by atoms with van der Waals surface area (Å²) in [6, 6.07) is 9.12. The number of carbonyl (C=O) groups excluding carboxylic acids is 1. The molecule has 0 aliphatic rings. The van der Waals surface area contributed by atoms with Crippen molar-refractivity contribution in [1.82, 2.24) is 9.78 Å². The quantitative estimate of drug-likeness (QED) is 0.502. The molecule has 0 fully saturated rings. The standard InChI is InChI=1S/C24H28N2O5S/c1-14-12-20(15(2)16(3)23(14)32(7,28)29)22(27)21-17(4)25-26(5)24(21)31-13-18-8-10-19(30-6)11-9-18/h8-12H,13H2,1-7H3. The lowest BCUT2D eigenvalue weighted by atomic mass is 9.94. The fraction of sp³-hybridized carbons (Fsp3) is 0.333. The first kappa shape index (κ1) is 23.5. The molecule has 0 aliphatic carbocycles. The molecule has 0 unspecified atom stereocenters. The van der Waals surface area contributed by atoms with Gasteiger partial charge in [-0.1, -0.05) is 12.1 Å². The van der Waals surface area contributed by atoms with E-state index in [1.165, 1.54) is 6.26 Å². The smallest absolute Gasteiger partial charge is 0.223 e. The molecule has 1 heterocycles. The number of carbonyl (C=O) groups is 1. The van der Waals surface area contributed by atoms with E-state index in [9.17, 15) is 13.2 Å². The Labute approximate surface area is 188 Å². The van der Waals surface area contributed by atoms with Crippen LogP contribution in [0.4, 0.5) is 0 Å². The van der Waals surface area contributed by atoms with Crippen LogP contribution in [0.1, 0.15) is 43.9 Å². The van der Waals surface area contributed by atoms with E-state index in [1.54, 1.807) is 52.6 Å². The van der Waals surface area contributed by atoms with Crippen molar-refractivity contribution in [3.8, 4) is 11.6 Å². The second-order valence-electron chi connectivity index (χ2n) is 7.95. The van der Waals surface area contributed by atoms with E-state index in [0.717, 1.165) is 11.3 Å². The highest BCUT2D eigenvalue weighted by Gasteiger charge is 2.27. The van der Waals surface area contributed by atoms with Gasteiger partial charge in [-0.05, 0) is 68.1 Å². The van der Waals surface area contributed by atoms with Crippen LogP contribution >= 0.6 is 0 Å². The van der Waals surface area contributed by atoms with Gasteiger partial charge >= 0.3 is 0 Å². The molecule has 0 atom stereocenters. The first-order valence-corrected chi connectivity index (χ1v) is 12.0. The van der Waals surface area contributed by atoms with Crippen molar-refractivity contribution >= 4 is 15.6 Å². The maximum absolute atomic E-state index is 13.6. The number of benzene rings is 2. The zero-order valence-electron chi connectivity index (χ0n) is 19.4. The molecule has 2 aromatic carbocycles. The Kier molecular flexibility index (Phi) is 6.46. The molecule has 0 N–H and O–H groups in total. The summed E-state index contributed by atoms with van der Waals surface area (Å²) in [5.74, 6) is 0.869. The van der Waals surface area contributed by atoms with Crippen molar-refractivity contribution in [2.24, 2.45) is 7.05 Å². The molecule has 0 bridgehead atoms. The zero-order chi connectivity index (χ0) is 23.8. The summed E-state index contributed by atoms with van der Waals surface area (Å²) in [6.45, 7) is 7.21. The summed E-state index contributed by atoms with van der Waals surface area (Å²) in [7, 11) is -0.0794. The highest BCUT2D eigenvalue weighted by molar-refractivity contribution is 7.90. The fourth-order valence-corrected chi connectivity index (χ4v) is 5.29. The molecule has 0 saturated carbocycles. The van der Waals surface area contributed by atoms with Crippen molar-refractivity contribution in [1.29, 1.82) is 0 Å². The van der Waals surface area contributed by atoms with Gasteiger partial charge in [-0.15, -0.1) is 0 Å². The van der Waals surface area contributed by atoms with E-state index in [0.29, 0.717) is 39.4 Å². The summed E-state index contributed by atoms with van der Waals surface area (Å²) < 4.78 is 37.2. The number of nitrogens with zero attached hydrogens (tertiary/aromatic N) is 2. The molecule has 32 heavy (non-hydrogen) atoms. The minimum absolute atomic E-state index is 0.246. The second-order valence-corrected chi connectivity index (χ2v) is 9.90. The minimum Gasteiger partial charge on any atom is -0.497 e. The van der Waals surface area contributed by atoms with Crippen LogP contribution in [0.2, 0.25) is 0 Å². The minimum atomic E-state index is -3.41. The third-order valence-corrected chi connectivity index (χ3v) is 6.94. The maximum Gasteiger partial charge on any atom is 0.223 e. The average molecular weight is 457 g/mol. The molecule has 1 aromatic heterocycles. The van der Waals surface area contributed by atoms with E-state index in [-0.39, 0.29) is 17.3 Å². The molecular weight excluding hydrogens is 428 g/mol. The highest BCUT2D eigenvalue weighted by atomic mass is 32.2. The number of aryl methyl sites for hydroxylation is 3. The molecule has 8 heteroatoms. The Bertz CT molecular complexity index is 1290. The summed E-state index contributed by atoms with van der Waals surface area (Å²) in [5, 5.41) is 4.38. The number of hydrogen-bond acceptors (Lipinski definition) is 6. The molecule has 3 aromatic rings. The molecular formula is C24H28N2O5S. The molecule has 170 valence electrons. The lowest BCUT2D eigenvalue weighted by Gasteiger charge is -2.16. The average Bonchev–Trinajstić information content (AvgIpc) is 3.00. The summed E-state index contributed by atoms with van der Waals surface area (Å²) in [6.07, 6.45) is 1.18. The van der Waals surface area contributed by atoms with Gasteiger partial charge in [-0.2, -0.15) is 5.10 Å². The van der Waals surface area contributed by atoms with Crippen molar-refractivity contribution < 1.29 is 22.7 Å². The lowest BCUT2D eigenvalue weighted by molar-refractivity contribution is 0.103. The monoisotopic (exact) mass is 456 g/mol. The molecule has 0 saturated heterocycles. The molecule has 0 aliphatic heterocycles. The van der Waals surface area contributed by atoms with Crippen LogP contribution in [-0.2, 0) is 23.5 Å². The predicted octanol–water partition coefficient (Wildman–Crippen LogP) is 3.88. The number of methoxy groups -OCH3 is 1. The third kappa shape index (κ3) is 4.41. The van der Waals surface area contributed by atoms with Gasteiger partial charge in [-0.3, -0.25) is 4.79 Å². The topological polar surface area (TPSA) is 87.5 Å². The summed E-state index contributed by atoms with van der Waals surface area (Å²) in [5.41, 5.74) is 4.03. The van der Waals surface area contributed by atoms with E-state index in [4.69, 9.17) is 9.47 Å². The fourth-order valence-electron chi connectivity index (χ4n) is 3.94. The van der Waals surface area contributed by atoms with Gasteiger partial charge in [0.15, 0.2) is 9.84 Å². The number of aromatic nitrogens is 2. The number of ketones is 1. The molecule has 0 radical (unpaired) electrons. The highest BCUT2D eigenvalue weighted by Crippen LogP contribution is 2.31. The van der Waals surface area contributed by atoms with E-state index < -0.39 is 9.84 Å². The SMILES string of the molecule is COc1ccc(COc2c(C(=O)c3cc(C)c(S(C)(=O)=O)c(C)c3C)c(C)nn2C)cc1. The van der Waals surface area contributed by atoms with Crippen molar-refractivity contribution in [2.45, 2.75) is 39.2 Å². The largest absolute Gasteiger partial charge is 0.497 e. The molecule has 3 rings (SSSR count). The van der Waals surface area contributed by atoms with Crippen molar-refractivity contribution in [2.75, 3.05) is 13.4 Å². The number of rotatable bonds is 7. The van der Waals surface area contributed by atoms with Crippen LogP contribution in [0.3, 0.4) is 0 Å². The molecule has 7 nitrogen and oxygen atoms in total. The van der Waals surface area contributed by atoms with E-state index in [1.807, 2.05) is 24.3 Å². The van der Waals surface area contributed by atoms with Crippen LogP contribution in [0, 0.1) is 27.7 Å². The maximum atomic E-state index is 13.6. The van der Waals surface area contributed by atoms with Crippen molar-refractivity contribution in [3.05, 3.63) is 69.4 Å². The number of ether oxygens (including phenoxy) is 2. The molecule has 0 amide bonds. The molecule has 0 spiro atoms. The van der Waals surface area contributed by atoms with Gasteiger partial charge in [0.2, 0.25) is 11.7 Å². The zero-order valence-corrected chi connectivity index (χ0v) is 20.3. The Hall–Kier alpha value is -3.13. The van der Waals surface area contributed by atoms with Gasteiger partial charge in [0.05, 0.1) is 17.7 Å². The van der Waals surface area contributed by atoms with Crippen LogP contribution in [-0.4, -0.2) is 37.3 Å². The lowest BCUT2D eigenvalue weighted by Crippen LogP contribution is -2.12. The van der Waals surface area contributed by atoms with Gasteiger partial charge < -0.3 is 9.47 Å². The van der Waals surface area contributed by atoms with Crippen molar-refractivity contribution in [3.63, 3.8) is 0 Å². The third-order valence-electron chi connectivity index (χ3n) is 5.57. The summed E-state index contributed by atoms with van der Waals surface area (Å²) >= 11 is 0. The number of hydrogen-bond donors (Lipinski definition) is 0. The normalized spacial score (nSPS) is 11.5. The summed E-state index contributed by atoms with van der Waals surface area (Å²) in [4.78, 5) is 13.9. The Morgan fingerprint density at radius 3 is 2.25 bits per heavy atom. The Morgan fingerprint density at radius 2 is 1.69 bits per heavy atom. The number of sulfone groups is 1. The first-order valence-electron chi connectivity index (χ1n) is 10.1. The van der Waals surface area contributed by atoms with Gasteiger partial charge in [-0.25, -0.2) is 13.1 Å². The van der Waals surface area contributed by atoms with Gasteiger partial charge in [0, 0.05) is 18.9 Å². The Balaban J connectivity index is 2.01. The van der Waals surface area contributed by atoms with Crippen LogP contribution in [0.5, 0.6) is 11.6 Å². The van der Waals surface area contributed by atoms with E-state index in [2.05, 4.69) is 5.10 Å². The van der Waals surface area contributed by atoms with Gasteiger partial charge in [0.25, 0.3) is 0 Å². The van der Waals surface area contributed by atoms with Gasteiger partial charge in [0.1, 0.15) is 17.9 Å². The second kappa shape index (κ2) is 8.78. The van der Waals surface area contributed by atoms with Crippen LogP contribution in [0.25, 0.3) is 0 Å². The van der Waals surface area contributed by atoms with Crippen LogP contribution < -0.4 is 9.47 Å². The Morgan fingerprint density at radius 1 is 1.06 bits per heavy atom. The van der Waals surface area contributed by atoms with E-state index >= 15 is 0 Å². The van der Waals surface area contributed by atoms with Crippen LogP contribution in [0.15, 0.2) is 35.2 Å². The first-order chi connectivity index (χ1) is 15.0. The predicted molar refractivity (Wildman–Crippen MR) is 122 cm³/mol.